The van der Waals surface area contributed by atoms with Crippen molar-refractivity contribution in [3.05, 3.63) is 35.1 Å². The van der Waals surface area contributed by atoms with E-state index in [9.17, 15) is 13.2 Å². The van der Waals surface area contributed by atoms with E-state index in [4.69, 9.17) is 0 Å². The fourth-order valence-corrected chi connectivity index (χ4v) is 2.41. The second kappa shape index (κ2) is 7.53. The Hall–Kier alpha value is -1.03. The lowest BCUT2D eigenvalue weighted by Gasteiger charge is -2.27. The van der Waals surface area contributed by atoms with Crippen LogP contribution in [-0.2, 0) is 0 Å². The number of halogens is 3. The first-order valence-corrected chi connectivity index (χ1v) is 6.92. The van der Waals surface area contributed by atoms with Gasteiger partial charge in [0, 0.05) is 23.7 Å². The van der Waals surface area contributed by atoms with Crippen molar-refractivity contribution in [2.24, 2.45) is 5.92 Å². The third kappa shape index (κ3) is 3.96. The van der Waals surface area contributed by atoms with Crippen LogP contribution in [0, 0.1) is 23.4 Å². The Balaban J connectivity index is 3.16. The molecule has 1 unspecified atom stereocenters. The Morgan fingerprint density at radius 2 is 1.53 bits per heavy atom. The average Bonchev–Trinajstić information content (AvgIpc) is 2.35. The number of hydrogen-bond donors (Lipinski definition) is 1. The van der Waals surface area contributed by atoms with Gasteiger partial charge in [-0.15, -0.1) is 0 Å². The van der Waals surface area contributed by atoms with Gasteiger partial charge in [-0.1, -0.05) is 33.6 Å². The Bertz CT molecular complexity index is 379. The summed E-state index contributed by atoms with van der Waals surface area (Å²) < 4.78 is 40.8. The molecule has 108 valence electrons. The van der Waals surface area contributed by atoms with Gasteiger partial charge in [-0.2, -0.15) is 0 Å². The molecule has 0 spiro atoms. The van der Waals surface area contributed by atoms with Crippen molar-refractivity contribution in [3.63, 3.8) is 0 Å². The van der Waals surface area contributed by atoms with Gasteiger partial charge in [-0.25, -0.2) is 13.2 Å². The lowest BCUT2D eigenvalue weighted by molar-refractivity contribution is 0.321. The molecule has 1 N–H and O–H groups in total. The molecule has 0 fully saturated rings. The van der Waals surface area contributed by atoms with E-state index in [1.54, 1.807) is 0 Å². The fraction of sp³-hybridized carbons (Fsp3) is 0.600. The molecule has 0 aliphatic heterocycles. The standard InChI is InChI=1S/C15H22F3N/c1-4-7-19-15(10(5-2)6-3)14-12(17)8-11(16)9-13(14)18/h8-10,15,19H,4-7H2,1-3H3. The quantitative estimate of drug-likeness (QED) is 0.766. The van der Waals surface area contributed by atoms with Gasteiger partial charge >= 0.3 is 0 Å². The molecular formula is C15H22F3N. The Morgan fingerprint density at radius 3 is 1.95 bits per heavy atom. The van der Waals surface area contributed by atoms with Crippen LogP contribution in [0.2, 0.25) is 0 Å². The molecule has 19 heavy (non-hydrogen) atoms. The summed E-state index contributed by atoms with van der Waals surface area (Å²) in [5.41, 5.74) is -0.0384. The molecule has 0 aliphatic carbocycles. The molecule has 1 rings (SSSR count). The van der Waals surface area contributed by atoms with Crippen LogP contribution in [0.3, 0.4) is 0 Å². The van der Waals surface area contributed by atoms with Crippen molar-refractivity contribution < 1.29 is 13.2 Å². The molecule has 0 bridgehead atoms. The molecule has 0 radical (unpaired) electrons. The Kier molecular flexibility index (Phi) is 6.35. The van der Waals surface area contributed by atoms with Crippen LogP contribution < -0.4 is 5.32 Å². The minimum Gasteiger partial charge on any atom is -0.310 e. The molecule has 1 aromatic rings. The molecule has 1 nitrogen and oxygen atoms in total. The van der Waals surface area contributed by atoms with E-state index >= 15 is 0 Å². The smallest absolute Gasteiger partial charge is 0.133 e. The maximum Gasteiger partial charge on any atom is 0.133 e. The molecule has 0 aromatic heterocycles. The van der Waals surface area contributed by atoms with E-state index in [-0.39, 0.29) is 11.5 Å². The topological polar surface area (TPSA) is 12.0 Å². The van der Waals surface area contributed by atoms with Crippen molar-refractivity contribution >= 4 is 0 Å². The highest BCUT2D eigenvalue weighted by molar-refractivity contribution is 5.25. The van der Waals surface area contributed by atoms with Crippen molar-refractivity contribution in [2.45, 2.75) is 46.1 Å². The number of benzene rings is 1. The van der Waals surface area contributed by atoms with E-state index in [1.165, 1.54) is 0 Å². The minimum atomic E-state index is -0.877. The summed E-state index contributed by atoms with van der Waals surface area (Å²) in [6, 6.07) is 1.10. The summed E-state index contributed by atoms with van der Waals surface area (Å²) in [6.45, 7) is 6.66. The highest BCUT2D eigenvalue weighted by Crippen LogP contribution is 2.31. The van der Waals surface area contributed by atoms with Crippen LogP contribution in [0.15, 0.2) is 12.1 Å². The predicted molar refractivity (Wildman–Crippen MR) is 71.4 cm³/mol. The van der Waals surface area contributed by atoms with E-state index < -0.39 is 23.5 Å². The van der Waals surface area contributed by atoms with Gasteiger partial charge in [0.1, 0.15) is 17.5 Å². The molecule has 1 aromatic carbocycles. The molecule has 0 saturated heterocycles. The highest BCUT2D eigenvalue weighted by atomic mass is 19.1. The fourth-order valence-electron chi connectivity index (χ4n) is 2.41. The van der Waals surface area contributed by atoms with Crippen molar-refractivity contribution in [2.75, 3.05) is 6.54 Å². The molecular weight excluding hydrogens is 251 g/mol. The number of nitrogens with one attached hydrogen (secondary N) is 1. The van der Waals surface area contributed by atoms with Crippen LogP contribution in [0.1, 0.15) is 51.6 Å². The Labute approximate surface area is 113 Å². The van der Waals surface area contributed by atoms with Gasteiger partial charge in [0.05, 0.1) is 0 Å². The van der Waals surface area contributed by atoms with E-state index in [1.807, 2.05) is 20.8 Å². The lowest BCUT2D eigenvalue weighted by atomic mass is 9.88. The van der Waals surface area contributed by atoms with Gasteiger partial charge in [-0.05, 0) is 18.9 Å². The highest BCUT2D eigenvalue weighted by Gasteiger charge is 2.26. The van der Waals surface area contributed by atoms with Crippen LogP contribution >= 0.6 is 0 Å². The van der Waals surface area contributed by atoms with Crippen LogP contribution in [0.4, 0.5) is 13.2 Å². The zero-order chi connectivity index (χ0) is 14.4. The van der Waals surface area contributed by atoms with Crippen molar-refractivity contribution in [1.29, 1.82) is 0 Å². The molecule has 1 atom stereocenters. The maximum atomic E-state index is 13.9. The van der Waals surface area contributed by atoms with Crippen LogP contribution in [0.5, 0.6) is 0 Å². The Morgan fingerprint density at radius 1 is 1.00 bits per heavy atom. The number of hydrogen-bond acceptors (Lipinski definition) is 1. The van der Waals surface area contributed by atoms with Gasteiger partial charge in [0.15, 0.2) is 0 Å². The zero-order valence-corrected chi connectivity index (χ0v) is 11.8. The maximum absolute atomic E-state index is 13.9. The molecule has 0 saturated carbocycles. The zero-order valence-electron chi connectivity index (χ0n) is 11.8. The van der Waals surface area contributed by atoms with Gasteiger partial charge in [0.25, 0.3) is 0 Å². The normalized spacial score (nSPS) is 13.0. The summed E-state index contributed by atoms with van der Waals surface area (Å²) in [6.07, 6.45) is 2.50. The first-order valence-electron chi connectivity index (χ1n) is 6.92. The second-order valence-electron chi connectivity index (χ2n) is 4.79. The van der Waals surface area contributed by atoms with E-state index in [0.717, 1.165) is 31.4 Å². The van der Waals surface area contributed by atoms with Crippen LogP contribution in [0.25, 0.3) is 0 Å². The molecule has 0 aliphatic rings. The summed E-state index contributed by atoms with van der Waals surface area (Å²) in [5, 5.41) is 3.19. The minimum absolute atomic E-state index is 0.0384. The van der Waals surface area contributed by atoms with E-state index in [2.05, 4.69) is 5.32 Å². The lowest BCUT2D eigenvalue weighted by Crippen LogP contribution is -2.30. The summed E-state index contributed by atoms with van der Waals surface area (Å²) in [4.78, 5) is 0. The van der Waals surface area contributed by atoms with Gasteiger partial charge in [0.2, 0.25) is 0 Å². The predicted octanol–water partition coefficient (Wildman–Crippen LogP) is 4.58. The SMILES string of the molecule is CCCNC(c1c(F)cc(F)cc1F)C(CC)CC. The van der Waals surface area contributed by atoms with Crippen molar-refractivity contribution in [1.82, 2.24) is 5.32 Å². The van der Waals surface area contributed by atoms with Crippen LogP contribution in [-0.4, -0.2) is 6.54 Å². The third-order valence-electron chi connectivity index (χ3n) is 3.49. The largest absolute Gasteiger partial charge is 0.310 e. The summed E-state index contributed by atoms with van der Waals surface area (Å²) >= 11 is 0. The summed E-state index contributed by atoms with van der Waals surface area (Å²) in [5.74, 6) is -2.37. The molecule has 0 amide bonds. The molecule has 0 heterocycles. The van der Waals surface area contributed by atoms with E-state index in [0.29, 0.717) is 6.54 Å². The first kappa shape index (κ1) is 16.0. The molecule has 4 heteroatoms. The summed E-state index contributed by atoms with van der Waals surface area (Å²) in [7, 11) is 0. The first-order chi connectivity index (χ1) is 9.04. The van der Waals surface area contributed by atoms with Gasteiger partial charge in [-0.3, -0.25) is 0 Å². The second-order valence-corrected chi connectivity index (χ2v) is 4.79. The monoisotopic (exact) mass is 273 g/mol. The van der Waals surface area contributed by atoms with Gasteiger partial charge < -0.3 is 5.32 Å². The third-order valence-corrected chi connectivity index (χ3v) is 3.49. The number of rotatable bonds is 7. The average molecular weight is 273 g/mol. The van der Waals surface area contributed by atoms with Crippen molar-refractivity contribution in [3.8, 4) is 0 Å².